The maximum atomic E-state index is 11.9. The summed E-state index contributed by atoms with van der Waals surface area (Å²) < 4.78 is 24.8. The normalized spacial score (nSPS) is 17.4. The monoisotopic (exact) mass is 319 g/mol. The van der Waals surface area contributed by atoms with Crippen LogP contribution in [0.2, 0.25) is 0 Å². The standard InChI is InChI=1S/C14H29N3O3S/c1-16(2)11-12-17(21(3,19)20)10-9-14(18)15-13-7-5-4-6-8-13/h13H,4-12H2,1-3H3,(H,15,18). The molecule has 1 saturated carbocycles. The van der Waals surface area contributed by atoms with Crippen LogP contribution in [0.5, 0.6) is 0 Å². The van der Waals surface area contributed by atoms with E-state index in [1.54, 1.807) is 0 Å². The molecule has 0 radical (unpaired) electrons. The van der Waals surface area contributed by atoms with Crippen molar-refractivity contribution in [1.29, 1.82) is 0 Å². The van der Waals surface area contributed by atoms with Crippen molar-refractivity contribution in [1.82, 2.24) is 14.5 Å². The van der Waals surface area contributed by atoms with Crippen molar-refractivity contribution in [2.45, 2.75) is 44.6 Å². The predicted octanol–water partition coefficient (Wildman–Crippen LogP) is 0.649. The third-order valence-electron chi connectivity index (χ3n) is 3.82. The smallest absolute Gasteiger partial charge is 0.221 e. The van der Waals surface area contributed by atoms with Crippen molar-refractivity contribution < 1.29 is 13.2 Å². The van der Waals surface area contributed by atoms with Crippen LogP contribution in [-0.2, 0) is 14.8 Å². The molecule has 0 bridgehead atoms. The summed E-state index contributed by atoms with van der Waals surface area (Å²) in [6, 6.07) is 0.278. The Bertz CT molecular complexity index is 417. The molecular formula is C14H29N3O3S. The second-order valence-electron chi connectivity index (χ2n) is 6.12. The summed E-state index contributed by atoms with van der Waals surface area (Å²) in [5, 5.41) is 3.02. The zero-order valence-electron chi connectivity index (χ0n) is 13.5. The van der Waals surface area contributed by atoms with Gasteiger partial charge in [0.2, 0.25) is 15.9 Å². The van der Waals surface area contributed by atoms with E-state index in [1.807, 2.05) is 19.0 Å². The van der Waals surface area contributed by atoms with Gasteiger partial charge in [-0.3, -0.25) is 4.79 Å². The van der Waals surface area contributed by atoms with E-state index in [1.165, 1.54) is 29.8 Å². The summed E-state index contributed by atoms with van der Waals surface area (Å²) in [6.07, 6.45) is 7.11. The highest BCUT2D eigenvalue weighted by Crippen LogP contribution is 2.17. The number of hydrogen-bond acceptors (Lipinski definition) is 4. The lowest BCUT2D eigenvalue weighted by Gasteiger charge is -2.24. The number of carbonyl (C=O) groups is 1. The molecule has 0 saturated heterocycles. The molecule has 0 aromatic rings. The number of hydrogen-bond donors (Lipinski definition) is 1. The number of nitrogens with one attached hydrogen (secondary N) is 1. The second-order valence-corrected chi connectivity index (χ2v) is 8.10. The molecule has 1 aliphatic rings. The van der Waals surface area contributed by atoms with Crippen LogP contribution in [0.3, 0.4) is 0 Å². The number of rotatable bonds is 8. The summed E-state index contributed by atoms with van der Waals surface area (Å²) in [7, 11) is 0.535. The van der Waals surface area contributed by atoms with Crippen LogP contribution in [0.1, 0.15) is 38.5 Å². The van der Waals surface area contributed by atoms with Crippen LogP contribution >= 0.6 is 0 Å². The number of amides is 1. The third kappa shape index (κ3) is 7.78. The van der Waals surface area contributed by atoms with Crippen molar-refractivity contribution >= 4 is 15.9 Å². The van der Waals surface area contributed by atoms with Crippen LogP contribution in [0.15, 0.2) is 0 Å². The molecule has 0 heterocycles. The summed E-state index contributed by atoms with van der Waals surface area (Å²) in [5.41, 5.74) is 0. The van der Waals surface area contributed by atoms with Gasteiger partial charge in [0.15, 0.2) is 0 Å². The molecule has 0 aromatic heterocycles. The third-order valence-corrected chi connectivity index (χ3v) is 5.13. The molecular weight excluding hydrogens is 290 g/mol. The summed E-state index contributed by atoms with van der Waals surface area (Å²) >= 11 is 0. The minimum Gasteiger partial charge on any atom is -0.353 e. The Morgan fingerprint density at radius 3 is 2.24 bits per heavy atom. The first-order valence-corrected chi connectivity index (χ1v) is 9.53. The van der Waals surface area contributed by atoms with Gasteiger partial charge in [-0.1, -0.05) is 19.3 Å². The van der Waals surface area contributed by atoms with Gasteiger partial charge in [0.1, 0.15) is 0 Å². The SMILES string of the molecule is CN(C)CCN(CCC(=O)NC1CCCCC1)S(C)(=O)=O. The van der Waals surface area contributed by atoms with Gasteiger partial charge in [0, 0.05) is 32.1 Å². The molecule has 0 aromatic carbocycles. The van der Waals surface area contributed by atoms with E-state index in [9.17, 15) is 13.2 Å². The minimum atomic E-state index is -3.26. The molecule has 1 fully saturated rings. The average molecular weight is 319 g/mol. The van der Waals surface area contributed by atoms with E-state index < -0.39 is 10.0 Å². The highest BCUT2D eigenvalue weighted by Gasteiger charge is 2.20. The zero-order chi connectivity index (χ0) is 15.9. The number of carbonyl (C=O) groups excluding carboxylic acids is 1. The Hall–Kier alpha value is -0.660. The van der Waals surface area contributed by atoms with Crippen molar-refractivity contribution in [2.75, 3.05) is 40.0 Å². The number of sulfonamides is 1. The van der Waals surface area contributed by atoms with Gasteiger partial charge >= 0.3 is 0 Å². The lowest BCUT2D eigenvalue weighted by molar-refractivity contribution is -0.122. The Labute approximate surface area is 128 Å². The number of nitrogens with zero attached hydrogens (tertiary/aromatic N) is 2. The topological polar surface area (TPSA) is 69.7 Å². The maximum Gasteiger partial charge on any atom is 0.221 e. The summed E-state index contributed by atoms with van der Waals surface area (Å²) in [4.78, 5) is 13.9. The molecule has 0 unspecified atom stereocenters. The van der Waals surface area contributed by atoms with E-state index in [-0.39, 0.29) is 24.9 Å². The van der Waals surface area contributed by atoms with Crippen LogP contribution in [-0.4, -0.2) is 69.6 Å². The molecule has 0 aliphatic heterocycles. The molecule has 1 amide bonds. The van der Waals surface area contributed by atoms with Crippen LogP contribution < -0.4 is 5.32 Å². The van der Waals surface area contributed by atoms with Crippen LogP contribution in [0, 0.1) is 0 Å². The highest BCUT2D eigenvalue weighted by atomic mass is 32.2. The first-order chi connectivity index (χ1) is 9.79. The quantitative estimate of drug-likeness (QED) is 0.713. The van der Waals surface area contributed by atoms with Gasteiger partial charge in [0.25, 0.3) is 0 Å². The van der Waals surface area contributed by atoms with E-state index >= 15 is 0 Å². The lowest BCUT2D eigenvalue weighted by Crippen LogP contribution is -2.41. The fourth-order valence-electron chi connectivity index (χ4n) is 2.53. The largest absolute Gasteiger partial charge is 0.353 e. The van der Waals surface area contributed by atoms with E-state index in [2.05, 4.69) is 5.32 Å². The fraction of sp³-hybridized carbons (Fsp3) is 0.929. The van der Waals surface area contributed by atoms with Crippen molar-refractivity contribution in [3.05, 3.63) is 0 Å². The molecule has 21 heavy (non-hydrogen) atoms. The van der Waals surface area contributed by atoms with Gasteiger partial charge in [-0.2, -0.15) is 0 Å². The fourth-order valence-corrected chi connectivity index (χ4v) is 3.36. The van der Waals surface area contributed by atoms with Gasteiger partial charge in [-0.15, -0.1) is 0 Å². The molecule has 1 rings (SSSR count). The molecule has 1 aliphatic carbocycles. The average Bonchev–Trinajstić information content (AvgIpc) is 2.37. The molecule has 6 nitrogen and oxygen atoms in total. The van der Waals surface area contributed by atoms with Crippen LogP contribution in [0.25, 0.3) is 0 Å². The highest BCUT2D eigenvalue weighted by molar-refractivity contribution is 7.88. The van der Waals surface area contributed by atoms with Gasteiger partial charge in [-0.05, 0) is 26.9 Å². The Morgan fingerprint density at radius 1 is 1.10 bits per heavy atom. The summed E-state index contributed by atoms with van der Waals surface area (Å²) in [5.74, 6) is -0.0413. The van der Waals surface area contributed by atoms with Crippen molar-refractivity contribution in [3.63, 3.8) is 0 Å². The molecule has 1 N–H and O–H groups in total. The summed E-state index contributed by atoms with van der Waals surface area (Å²) in [6.45, 7) is 1.32. The Balaban J connectivity index is 2.38. The molecule has 124 valence electrons. The first kappa shape index (κ1) is 18.4. The Kier molecular flexibility index (Phi) is 7.62. The predicted molar refractivity (Wildman–Crippen MR) is 84.6 cm³/mol. The van der Waals surface area contributed by atoms with Gasteiger partial charge in [-0.25, -0.2) is 12.7 Å². The zero-order valence-corrected chi connectivity index (χ0v) is 14.3. The molecule has 7 heteroatoms. The minimum absolute atomic E-state index is 0.0413. The maximum absolute atomic E-state index is 11.9. The first-order valence-electron chi connectivity index (χ1n) is 7.68. The van der Waals surface area contributed by atoms with Gasteiger partial charge in [0.05, 0.1) is 6.26 Å². The second kappa shape index (κ2) is 8.70. The Morgan fingerprint density at radius 2 is 1.71 bits per heavy atom. The van der Waals surface area contributed by atoms with Gasteiger partial charge < -0.3 is 10.2 Å². The van der Waals surface area contributed by atoms with Crippen molar-refractivity contribution in [2.24, 2.45) is 0 Å². The lowest BCUT2D eigenvalue weighted by atomic mass is 9.95. The van der Waals surface area contributed by atoms with E-state index in [4.69, 9.17) is 0 Å². The van der Waals surface area contributed by atoms with E-state index in [0.717, 1.165) is 12.8 Å². The molecule has 0 spiro atoms. The van der Waals surface area contributed by atoms with Crippen molar-refractivity contribution in [3.8, 4) is 0 Å². The van der Waals surface area contributed by atoms with Crippen LogP contribution in [0.4, 0.5) is 0 Å². The van der Waals surface area contributed by atoms with E-state index in [0.29, 0.717) is 13.1 Å². The molecule has 0 atom stereocenters. The number of likely N-dealkylation sites (N-methyl/N-ethyl adjacent to an activating group) is 1.